The quantitative estimate of drug-likeness (QED) is 0.714. The van der Waals surface area contributed by atoms with E-state index in [9.17, 15) is 13.2 Å². The summed E-state index contributed by atoms with van der Waals surface area (Å²) in [5, 5.41) is 2.82. The van der Waals surface area contributed by atoms with E-state index in [0.717, 1.165) is 12.0 Å². The fourth-order valence-corrected chi connectivity index (χ4v) is 4.09. The van der Waals surface area contributed by atoms with Crippen molar-refractivity contribution in [2.75, 3.05) is 20.7 Å². The van der Waals surface area contributed by atoms with Crippen molar-refractivity contribution >= 4 is 15.9 Å². The Bertz CT molecular complexity index is 836. The molecule has 6 nitrogen and oxygen atoms in total. The molecule has 0 spiro atoms. The second kappa shape index (κ2) is 9.53. The number of sulfonamides is 1. The molecule has 1 amide bonds. The molecule has 0 fully saturated rings. The van der Waals surface area contributed by atoms with Crippen molar-refractivity contribution in [1.29, 1.82) is 0 Å². The lowest BCUT2D eigenvalue weighted by Crippen LogP contribution is -2.35. The van der Waals surface area contributed by atoms with Crippen molar-refractivity contribution in [2.24, 2.45) is 0 Å². The second-order valence-electron chi connectivity index (χ2n) is 6.18. The number of nitrogens with one attached hydrogen (secondary N) is 1. The standard InChI is InChI=1S/C20H26N2O4S/c1-4-14-21-20(23)15-19(16-10-12-17(26-3)13-11-16)22(2)27(24,25)18-8-6-5-7-9-18/h5-13,19H,4,14-15H2,1-3H3,(H,21,23)/t19-/m0/s1. The first-order chi connectivity index (χ1) is 12.9. The van der Waals surface area contributed by atoms with E-state index in [1.165, 1.54) is 11.4 Å². The molecule has 0 aromatic heterocycles. The van der Waals surface area contributed by atoms with Crippen LogP contribution in [0.25, 0.3) is 0 Å². The molecule has 2 aromatic carbocycles. The van der Waals surface area contributed by atoms with Crippen LogP contribution >= 0.6 is 0 Å². The molecule has 1 N–H and O–H groups in total. The average Bonchev–Trinajstić information content (AvgIpc) is 2.70. The Morgan fingerprint density at radius 1 is 1.11 bits per heavy atom. The van der Waals surface area contributed by atoms with Crippen molar-refractivity contribution in [2.45, 2.75) is 30.7 Å². The normalized spacial score (nSPS) is 12.6. The highest BCUT2D eigenvalue weighted by Gasteiger charge is 2.30. The first kappa shape index (κ1) is 20.9. The van der Waals surface area contributed by atoms with Crippen LogP contribution in [-0.4, -0.2) is 39.3 Å². The number of ether oxygens (including phenoxy) is 1. The summed E-state index contributed by atoms with van der Waals surface area (Å²) in [5.41, 5.74) is 0.726. The number of methoxy groups -OCH3 is 1. The van der Waals surface area contributed by atoms with Crippen LogP contribution in [0.15, 0.2) is 59.5 Å². The van der Waals surface area contributed by atoms with E-state index in [1.54, 1.807) is 61.7 Å². The van der Waals surface area contributed by atoms with Crippen molar-refractivity contribution < 1.29 is 17.9 Å². The minimum atomic E-state index is -3.75. The summed E-state index contributed by atoms with van der Waals surface area (Å²) in [6.07, 6.45) is 0.853. The molecule has 2 aromatic rings. The molecule has 0 heterocycles. The third-order valence-electron chi connectivity index (χ3n) is 4.31. The molecule has 0 saturated heterocycles. The molecule has 27 heavy (non-hydrogen) atoms. The molecule has 7 heteroatoms. The highest BCUT2D eigenvalue weighted by Crippen LogP contribution is 2.30. The second-order valence-corrected chi connectivity index (χ2v) is 8.17. The van der Waals surface area contributed by atoms with Gasteiger partial charge in [-0.15, -0.1) is 0 Å². The predicted octanol–water partition coefficient (Wildman–Crippen LogP) is 2.97. The maximum Gasteiger partial charge on any atom is 0.243 e. The van der Waals surface area contributed by atoms with Crippen LogP contribution in [0.1, 0.15) is 31.4 Å². The summed E-state index contributed by atoms with van der Waals surface area (Å²) < 4.78 is 32.5. The molecule has 0 aliphatic carbocycles. The number of hydrogen-bond donors (Lipinski definition) is 1. The van der Waals surface area contributed by atoms with Crippen molar-refractivity contribution in [3.8, 4) is 5.75 Å². The zero-order valence-electron chi connectivity index (χ0n) is 15.9. The lowest BCUT2D eigenvalue weighted by molar-refractivity contribution is -0.121. The average molecular weight is 391 g/mol. The minimum Gasteiger partial charge on any atom is -0.497 e. The fourth-order valence-electron chi connectivity index (χ4n) is 2.72. The summed E-state index contributed by atoms with van der Waals surface area (Å²) in [7, 11) is -0.676. The van der Waals surface area contributed by atoms with Gasteiger partial charge in [0.1, 0.15) is 5.75 Å². The van der Waals surface area contributed by atoms with Gasteiger partial charge in [-0.3, -0.25) is 4.79 Å². The van der Waals surface area contributed by atoms with E-state index < -0.39 is 16.1 Å². The number of hydrogen-bond acceptors (Lipinski definition) is 4. The topological polar surface area (TPSA) is 75.7 Å². The maximum atomic E-state index is 13.0. The number of carbonyl (C=O) groups is 1. The summed E-state index contributed by atoms with van der Waals surface area (Å²) in [6.45, 7) is 2.52. The van der Waals surface area contributed by atoms with Gasteiger partial charge in [-0.05, 0) is 36.2 Å². The van der Waals surface area contributed by atoms with Crippen molar-refractivity contribution in [3.63, 3.8) is 0 Å². The van der Waals surface area contributed by atoms with Crippen LogP contribution in [0.4, 0.5) is 0 Å². The van der Waals surface area contributed by atoms with Gasteiger partial charge in [-0.1, -0.05) is 37.3 Å². The third kappa shape index (κ3) is 5.30. The summed E-state index contributed by atoms with van der Waals surface area (Å²) in [6, 6.07) is 14.7. The number of benzene rings is 2. The lowest BCUT2D eigenvalue weighted by atomic mass is 10.0. The molecule has 0 radical (unpaired) electrons. The van der Waals surface area contributed by atoms with Crippen LogP contribution in [-0.2, 0) is 14.8 Å². The van der Waals surface area contributed by atoms with Gasteiger partial charge in [0.05, 0.1) is 18.0 Å². The maximum absolute atomic E-state index is 13.0. The number of nitrogens with zero attached hydrogens (tertiary/aromatic N) is 1. The Morgan fingerprint density at radius 3 is 2.30 bits per heavy atom. The van der Waals surface area contributed by atoms with E-state index in [2.05, 4.69) is 5.32 Å². The largest absolute Gasteiger partial charge is 0.497 e. The van der Waals surface area contributed by atoms with Gasteiger partial charge in [-0.2, -0.15) is 4.31 Å². The van der Waals surface area contributed by atoms with E-state index in [-0.39, 0.29) is 17.2 Å². The van der Waals surface area contributed by atoms with E-state index in [4.69, 9.17) is 4.74 Å². The number of amides is 1. The highest BCUT2D eigenvalue weighted by atomic mass is 32.2. The first-order valence-electron chi connectivity index (χ1n) is 8.84. The van der Waals surface area contributed by atoms with Gasteiger partial charge in [-0.25, -0.2) is 8.42 Å². The van der Waals surface area contributed by atoms with Crippen molar-refractivity contribution in [3.05, 3.63) is 60.2 Å². The Morgan fingerprint density at radius 2 is 1.74 bits per heavy atom. The van der Waals surface area contributed by atoms with Gasteiger partial charge in [0.2, 0.25) is 15.9 Å². The van der Waals surface area contributed by atoms with Gasteiger partial charge in [0, 0.05) is 20.0 Å². The molecule has 0 saturated carbocycles. The smallest absolute Gasteiger partial charge is 0.243 e. The van der Waals surface area contributed by atoms with Crippen LogP contribution in [0.5, 0.6) is 5.75 Å². The Labute approximate surface area is 161 Å². The van der Waals surface area contributed by atoms with Crippen LogP contribution < -0.4 is 10.1 Å². The van der Waals surface area contributed by atoms with Crippen LogP contribution in [0.2, 0.25) is 0 Å². The zero-order valence-corrected chi connectivity index (χ0v) is 16.7. The molecule has 0 aliphatic heterocycles. The number of carbonyl (C=O) groups excluding carboxylic acids is 1. The Balaban J connectivity index is 2.36. The van der Waals surface area contributed by atoms with Gasteiger partial charge in [0.15, 0.2) is 0 Å². The molecule has 0 unspecified atom stereocenters. The SMILES string of the molecule is CCCNC(=O)C[C@@H](c1ccc(OC)cc1)N(C)S(=O)(=O)c1ccccc1. The minimum absolute atomic E-state index is 0.0366. The van der Waals surface area contributed by atoms with E-state index in [0.29, 0.717) is 12.3 Å². The molecule has 2 rings (SSSR count). The van der Waals surface area contributed by atoms with E-state index in [1.807, 2.05) is 6.92 Å². The monoisotopic (exact) mass is 390 g/mol. The highest BCUT2D eigenvalue weighted by molar-refractivity contribution is 7.89. The van der Waals surface area contributed by atoms with E-state index >= 15 is 0 Å². The fraction of sp³-hybridized carbons (Fsp3) is 0.350. The molecular formula is C20H26N2O4S. The van der Waals surface area contributed by atoms with Gasteiger partial charge < -0.3 is 10.1 Å². The molecule has 0 aliphatic rings. The Kier molecular flexibility index (Phi) is 7.38. The Hall–Kier alpha value is -2.38. The van der Waals surface area contributed by atoms with Crippen LogP contribution in [0, 0.1) is 0 Å². The summed E-state index contributed by atoms with van der Waals surface area (Å²) in [4.78, 5) is 12.5. The summed E-state index contributed by atoms with van der Waals surface area (Å²) >= 11 is 0. The zero-order chi connectivity index (χ0) is 19.9. The van der Waals surface area contributed by atoms with Gasteiger partial charge in [0.25, 0.3) is 0 Å². The number of rotatable bonds is 9. The van der Waals surface area contributed by atoms with Crippen molar-refractivity contribution in [1.82, 2.24) is 9.62 Å². The van der Waals surface area contributed by atoms with Crippen LogP contribution in [0.3, 0.4) is 0 Å². The predicted molar refractivity (Wildman–Crippen MR) is 105 cm³/mol. The molecule has 1 atom stereocenters. The summed E-state index contributed by atoms with van der Waals surface area (Å²) in [5.74, 6) is 0.481. The lowest BCUT2D eigenvalue weighted by Gasteiger charge is -2.28. The molecule has 146 valence electrons. The molecule has 0 bridgehead atoms. The molecular weight excluding hydrogens is 364 g/mol. The first-order valence-corrected chi connectivity index (χ1v) is 10.3. The third-order valence-corrected chi connectivity index (χ3v) is 6.19. The van der Waals surface area contributed by atoms with Gasteiger partial charge >= 0.3 is 0 Å².